The van der Waals surface area contributed by atoms with Crippen LogP contribution in [0.2, 0.25) is 0 Å². The van der Waals surface area contributed by atoms with Gasteiger partial charge < -0.3 is 15.8 Å². The van der Waals surface area contributed by atoms with E-state index in [1.165, 1.54) is 32.1 Å². The summed E-state index contributed by atoms with van der Waals surface area (Å²) in [4.78, 5) is 4.29. The van der Waals surface area contributed by atoms with E-state index in [9.17, 15) is 0 Å². The second-order valence-corrected chi connectivity index (χ2v) is 4.30. The van der Waals surface area contributed by atoms with Gasteiger partial charge in [-0.05, 0) is 26.2 Å². The van der Waals surface area contributed by atoms with Gasteiger partial charge in [-0.15, -0.1) is 0 Å². The first-order chi connectivity index (χ1) is 7.83. The van der Waals surface area contributed by atoms with Crippen molar-refractivity contribution in [1.29, 1.82) is 0 Å². The highest BCUT2D eigenvalue weighted by Crippen LogP contribution is 2.16. The molecule has 1 fully saturated rings. The second kappa shape index (κ2) is 8.39. The Morgan fingerprint density at radius 2 is 2.12 bits per heavy atom. The average molecular weight is 227 g/mol. The van der Waals surface area contributed by atoms with Crippen LogP contribution in [0.3, 0.4) is 0 Å². The number of nitrogens with two attached hydrogens (primary N) is 1. The zero-order valence-electron chi connectivity index (χ0n) is 10.4. The molecule has 0 amide bonds. The van der Waals surface area contributed by atoms with Crippen LogP contribution < -0.4 is 11.1 Å². The molecule has 16 heavy (non-hydrogen) atoms. The third kappa shape index (κ3) is 5.95. The maximum atomic E-state index is 5.82. The molecule has 0 bridgehead atoms. The van der Waals surface area contributed by atoms with Crippen LogP contribution in [0.5, 0.6) is 0 Å². The van der Waals surface area contributed by atoms with E-state index >= 15 is 0 Å². The number of nitrogens with one attached hydrogen (secondary N) is 1. The predicted octanol–water partition coefficient (Wildman–Crippen LogP) is 1.65. The zero-order chi connectivity index (χ0) is 11.6. The van der Waals surface area contributed by atoms with Crippen molar-refractivity contribution in [2.24, 2.45) is 10.7 Å². The molecule has 94 valence electrons. The van der Waals surface area contributed by atoms with E-state index in [-0.39, 0.29) is 0 Å². The molecule has 1 rings (SSSR count). The first kappa shape index (κ1) is 13.3. The molecule has 1 saturated carbocycles. The van der Waals surface area contributed by atoms with E-state index in [0.29, 0.717) is 12.0 Å². The van der Waals surface area contributed by atoms with E-state index in [4.69, 9.17) is 10.5 Å². The first-order valence-electron chi connectivity index (χ1n) is 6.47. The molecule has 4 nitrogen and oxygen atoms in total. The van der Waals surface area contributed by atoms with Gasteiger partial charge in [0, 0.05) is 25.8 Å². The topological polar surface area (TPSA) is 59.6 Å². The Bertz CT molecular complexity index is 200. The number of aliphatic imine (C=N–C) groups is 1. The molecule has 1 aliphatic carbocycles. The molecule has 0 aromatic heterocycles. The summed E-state index contributed by atoms with van der Waals surface area (Å²) in [5, 5.41) is 3.30. The lowest BCUT2D eigenvalue weighted by Crippen LogP contribution is -2.41. The molecule has 0 spiro atoms. The highest BCUT2D eigenvalue weighted by atomic mass is 16.5. The fraction of sp³-hybridized carbons (Fsp3) is 0.917. The van der Waals surface area contributed by atoms with Crippen LogP contribution in [0.1, 0.15) is 45.4 Å². The van der Waals surface area contributed by atoms with Crippen LogP contribution in [0.15, 0.2) is 4.99 Å². The van der Waals surface area contributed by atoms with Crippen molar-refractivity contribution < 1.29 is 4.74 Å². The summed E-state index contributed by atoms with van der Waals surface area (Å²) in [5.41, 5.74) is 5.82. The summed E-state index contributed by atoms with van der Waals surface area (Å²) in [7, 11) is 0. The summed E-state index contributed by atoms with van der Waals surface area (Å²) in [6.07, 6.45) is 7.40. The van der Waals surface area contributed by atoms with Crippen molar-refractivity contribution in [3.8, 4) is 0 Å². The van der Waals surface area contributed by atoms with Crippen molar-refractivity contribution >= 4 is 5.96 Å². The van der Waals surface area contributed by atoms with Gasteiger partial charge in [0.15, 0.2) is 5.96 Å². The highest BCUT2D eigenvalue weighted by molar-refractivity contribution is 5.78. The zero-order valence-corrected chi connectivity index (χ0v) is 10.4. The van der Waals surface area contributed by atoms with Gasteiger partial charge in [0.1, 0.15) is 0 Å². The van der Waals surface area contributed by atoms with E-state index in [2.05, 4.69) is 10.3 Å². The Kier molecular flexibility index (Phi) is 6.97. The molecule has 0 unspecified atom stereocenters. The third-order valence-electron chi connectivity index (χ3n) is 2.89. The van der Waals surface area contributed by atoms with Crippen LogP contribution in [-0.4, -0.2) is 31.8 Å². The number of hydrogen-bond donors (Lipinski definition) is 2. The van der Waals surface area contributed by atoms with Gasteiger partial charge in [-0.1, -0.05) is 19.3 Å². The SMILES string of the molecule is CCOCCCN=C(N)NC1CCCCC1. The summed E-state index contributed by atoms with van der Waals surface area (Å²) in [6, 6.07) is 0.546. The molecule has 0 saturated heterocycles. The molecular formula is C12H25N3O. The van der Waals surface area contributed by atoms with Crippen LogP contribution in [0.4, 0.5) is 0 Å². The third-order valence-corrected chi connectivity index (χ3v) is 2.89. The standard InChI is InChI=1S/C12H25N3O/c1-2-16-10-6-9-14-12(13)15-11-7-4-3-5-8-11/h11H,2-10H2,1H3,(H3,13,14,15). The molecule has 0 aliphatic heterocycles. The minimum absolute atomic E-state index is 0.546. The number of rotatable bonds is 6. The normalized spacial score (nSPS) is 18.7. The van der Waals surface area contributed by atoms with Gasteiger partial charge in [0.25, 0.3) is 0 Å². The summed E-state index contributed by atoms with van der Waals surface area (Å²) in [5.74, 6) is 0.600. The van der Waals surface area contributed by atoms with Crippen molar-refractivity contribution in [2.45, 2.75) is 51.5 Å². The Hall–Kier alpha value is -0.770. The molecular weight excluding hydrogens is 202 g/mol. The number of guanidine groups is 1. The Balaban J connectivity index is 2.07. The number of nitrogens with zero attached hydrogens (tertiary/aromatic N) is 1. The van der Waals surface area contributed by atoms with Crippen LogP contribution in [0.25, 0.3) is 0 Å². The minimum atomic E-state index is 0.546. The molecule has 0 aromatic rings. The van der Waals surface area contributed by atoms with Crippen molar-refractivity contribution in [2.75, 3.05) is 19.8 Å². The van der Waals surface area contributed by atoms with E-state index in [1.807, 2.05) is 6.92 Å². The summed E-state index contributed by atoms with van der Waals surface area (Å²) < 4.78 is 5.23. The quantitative estimate of drug-likeness (QED) is 0.412. The highest BCUT2D eigenvalue weighted by Gasteiger charge is 2.12. The Labute approximate surface area is 98.6 Å². The summed E-state index contributed by atoms with van der Waals surface area (Å²) >= 11 is 0. The van der Waals surface area contributed by atoms with Crippen LogP contribution in [-0.2, 0) is 4.74 Å². The number of ether oxygens (including phenoxy) is 1. The van der Waals surface area contributed by atoms with E-state index < -0.39 is 0 Å². The molecule has 0 heterocycles. The average Bonchev–Trinajstić information content (AvgIpc) is 2.30. The van der Waals surface area contributed by atoms with E-state index in [1.54, 1.807) is 0 Å². The smallest absolute Gasteiger partial charge is 0.188 e. The first-order valence-corrected chi connectivity index (χ1v) is 6.47. The molecule has 3 N–H and O–H groups in total. The largest absolute Gasteiger partial charge is 0.382 e. The molecule has 0 radical (unpaired) electrons. The van der Waals surface area contributed by atoms with Crippen molar-refractivity contribution in [3.63, 3.8) is 0 Å². The van der Waals surface area contributed by atoms with Gasteiger partial charge in [0.05, 0.1) is 0 Å². The lowest BCUT2D eigenvalue weighted by molar-refractivity contribution is 0.146. The Morgan fingerprint density at radius 1 is 1.38 bits per heavy atom. The minimum Gasteiger partial charge on any atom is -0.382 e. The van der Waals surface area contributed by atoms with Crippen molar-refractivity contribution in [3.05, 3.63) is 0 Å². The van der Waals surface area contributed by atoms with Gasteiger partial charge in [-0.2, -0.15) is 0 Å². The predicted molar refractivity (Wildman–Crippen MR) is 67.6 cm³/mol. The summed E-state index contributed by atoms with van der Waals surface area (Å²) in [6.45, 7) is 4.31. The van der Waals surface area contributed by atoms with Gasteiger partial charge in [-0.3, -0.25) is 4.99 Å². The lowest BCUT2D eigenvalue weighted by Gasteiger charge is -2.23. The maximum absolute atomic E-state index is 5.82. The molecule has 1 aliphatic rings. The molecule has 0 atom stereocenters. The van der Waals surface area contributed by atoms with E-state index in [0.717, 1.165) is 26.2 Å². The van der Waals surface area contributed by atoms with Crippen molar-refractivity contribution in [1.82, 2.24) is 5.32 Å². The second-order valence-electron chi connectivity index (χ2n) is 4.30. The van der Waals surface area contributed by atoms with Crippen LogP contribution >= 0.6 is 0 Å². The van der Waals surface area contributed by atoms with Gasteiger partial charge in [-0.25, -0.2) is 0 Å². The molecule has 0 aromatic carbocycles. The fourth-order valence-corrected chi connectivity index (χ4v) is 2.01. The van der Waals surface area contributed by atoms with Crippen LogP contribution in [0, 0.1) is 0 Å². The fourth-order valence-electron chi connectivity index (χ4n) is 2.01. The number of hydrogen-bond acceptors (Lipinski definition) is 2. The monoisotopic (exact) mass is 227 g/mol. The van der Waals surface area contributed by atoms with Gasteiger partial charge in [0.2, 0.25) is 0 Å². The molecule has 4 heteroatoms. The Morgan fingerprint density at radius 3 is 2.81 bits per heavy atom. The van der Waals surface area contributed by atoms with Gasteiger partial charge >= 0.3 is 0 Å². The lowest BCUT2D eigenvalue weighted by atomic mass is 9.96. The maximum Gasteiger partial charge on any atom is 0.188 e.